The second-order valence-corrected chi connectivity index (χ2v) is 9.68. The van der Waals surface area contributed by atoms with E-state index in [2.05, 4.69) is 40.8 Å². The number of halogens is 3. The van der Waals surface area contributed by atoms with Crippen molar-refractivity contribution in [2.45, 2.75) is 51.1 Å². The summed E-state index contributed by atoms with van der Waals surface area (Å²) in [6, 6.07) is 12.8. The first-order valence-corrected chi connectivity index (χ1v) is 12.2. The zero-order valence-corrected chi connectivity index (χ0v) is 20.4. The monoisotopic (exact) mass is 497 g/mol. The molecule has 0 aliphatic carbocycles. The number of hydrogen-bond acceptors (Lipinski definition) is 4. The van der Waals surface area contributed by atoms with Crippen LogP contribution in [0.4, 0.5) is 13.2 Å². The number of thiophene rings is 1. The first kappa shape index (κ1) is 25.0. The molecule has 1 saturated heterocycles. The van der Waals surface area contributed by atoms with Gasteiger partial charge in [-0.3, -0.25) is 9.69 Å². The van der Waals surface area contributed by atoms with Gasteiger partial charge in [0.25, 0.3) is 0 Å². The third-order valence-corrected chi connectivity index (χ3v) is 7.09. The second kappa shape index (κ2) is 10.3. The number of hydrogen-bond donors (Lipinski definition) is 0. The number of benzene rings is 2. The highest BCUT2D eigenvalue weighted by Crippen LogP contribution is 2.42. The number of nitrogens with zero attached hydrogens (tertiary/aromatic N) is 1. The molecule has 1 fully saturated rings. The second-order valence-electron chi connectivity index (χ2n) is 8.77. The van der Waals surface area contributed by atoms with E-state index in [1.165, 1.54) is 19.1 Å². The highest BCUT2D eigenvalue weighted by atomic mass is 32.1. The maximum atomic E-state index is 13.2. The molecule has 1 aromatic heterocycles. The standard InChI is InChI=1S/C28H26F3NO2S/c1-18(2)8-13-25(24-17-35-27-7-5-4-6-23(24)27)32-15-14-22(34-19(3)33)16-26(32)20-9-11-21(12-10-20)28(29,30)31/h4-7,9-12,17,22,25-26H,1,14-16H2,2-3H3/t22-,25-,26+/m1/s1. The molecule has 1 aliphatic rings. The Bertz CT molecular complexity index is 1280. The van der Waals surface area contributed by atoms with Crippen molar-refractivity contribution in [2.24, 2.45) is 0 Å². The van der Waals surface area contributed by atoms with E-state index in [9.17, 15) is 18.0 Å². The Balaban J connectivity index is 1.78. The molecule has 2 aromatic carbocycles. The topological polar surface area (TPSA) is 29.5 Å². The van der Waals surface area contributed by atoms with Crippen LogP contribution in [0.1, 0.15) is 55.5 Å². The van der Waals surface area contributed by atoms with Crippen LogP contribution in [0.2, 0.25) is 0 Å². The lowest BCUT2D eigenvalue weighted by molar-refractivity contribution is -0.150. The van der Waals surface area contributed by atoms with E-state index >= 15 is 0 Å². The summed E-state index contributed by atoms with van der Waals surface area (Å²) in [5.74, 6) is 6.13. The van der Waals surface area contributed by atoms with Gasteiger partial charge in [0, 0.05) is 30.6 Å². The number of ether oxygens (including phenoxy) is 1. The molecule has 3 nitrogen and oxygen atoms in total. The Morgan fingerprint density at radius 1 is 1.17 bits per heavy atom. The number of fused-ring (bicyclic) bond motifs is 1. The molecule has 4 rings (SSSR count). The third kappa shape index (κ3) is 5.77. The summed E-state index contributed by atoms with van der Waals surface area (Å²) >= 11 is 1.64. The van der Waals surface area contributed by atoms with Crippen molar-refractivity contribution in [2.75, 3.05) is 6.54 Å². The van der Waals surface area contributed by atoms with Gasteiger partial charge in [0.15, 0.2) is 0 Å². The van der Waals surface area contributed by atoms with Gasteiger partial charge in [-0.15, -0.1) is 11.3 Å². The van der Waals surface area contributed by atoms with E-state index in [-0.39, 0.29) is 24.2 Å². The zero-order valence-electron chi connectivity index (χ0n) is 19.6. The van der Waals surface area contributed by atoms with E-state index < -0.39 is 11.7 Å². The van der Waals surface area contributed by atoms with Crippen molar-refractivity contribution >= 4 is 27.4 Å². The number of likely N-dealkylation sites (tertiary alicyclic amines) is 1. The molecule has 35 heavy (non-hydrogen) atoms. The molecular formula is C28H26F3NO2S. The van der Waals surface area contributed by atoms with Gasteiger partial charge in [0.1, 0.15) is 6.10 Å². The van der Waals surface area contributed by atoms with Crippen LogP contribution in [0.15, 0.2) is 66.1 Å². The average molecular weight is 498 g/mol. The molecule has 1 aliphatic heterocycles. The maximum Gasteiger partial charge on any atom is 0.416 e. The number of piperidine rings is 1. The highest BCUT2D eigenvalue weighted by Gasteiger charge is 2.37. The number of rotatable bonds is 4. The number of esters is 1. The van der Waals surface area contributed by atoms with Gasteiger partial charge < -0.3 is 4.74 Å². The minimum Gasteiger partial charge on any atom is -0.462 e. The summed E-state index contributed by atoms with van der Waals surface area (Å²) < 4.78 is 46.2. The molecule has 3 atom stereocenters. The minimum absolute atomic E-state index is 0.279. The molecule has 7 heteroatoms. The van der Waals surface area contributed by atoms with Crippen LogP contribution in [0.3, 0.4) is 0 Å². The van der Waals surface area contributed by atoms with E-state index in [4.69, 9.17) is 4.74 Å². The largest absolute Gasteiger partial charge is 0.462 e. The van der Waals surface area contributed by atoms with Crippen LogP contribution >= 0.6 is 11.3 Å². The summed E-state index contributed by atoms with van der Waals surface area (Å²) in [5, 5.41) is 3.21. The normalized spacial score (nSPS) is 19.6. The van der Waals surface area contributed by atoms with Crippen molar-refractivity contribution in [3.05, 3.63) is 82.8 Å². The highest BCUT2D eigenvalue weighted by molar-refractivity contribution is 7.17. The summed E-state index contributed by atoms with van der Waals surface area (Å²) in [6.07, 6.45) is -3.64. The number of carbonyl (C=O) groups is 1. The van der Waals surface area contributed by atoms with Gasteiger partial charge in [-0.2, -0.15) is 13.2 Å². The molecule has 0 bridgehead atoms. The fraction of sp³-hybridized carbons (Fsp3) is 0.321. The molecule has 182 valence electrons. The summed E-state index contributed by atoms with van der Waals surface area (Å²) in [6.45, 7) is 7.71. The predicted molar refractivity (Wildman–Crippen MR) is 133 cm³/mol. The average Bonchev–Trinajstić information content (AvgIpc) is 3.23. The maximum absolute atomic E-state index is 13.2. The molecule has 0 spiro atoms. The minimum atomic E-state index is -4.41. The van der Waals surface area contributed by atoms with Gasteiger partial charge in [-0.1, -0.05) is 48.8 Å². The first-order valence-electron chi connectivity index (χ1n) is 11.4. The van der Waals surface area contributed by atoms with Gasteiger partial charge in [0.05, 0.1) is 11.6 Å². The van der Waals surface area contributed by atoms with E-state index in [0.29, 0.717) is 19.4 Å². The Hall–Kier alpha value is -3.08. The van der Waals surface area contributed by atoms with E-state index in [1.807, 2.05) is 19.1 Å². The van der Waals surface area contributed by atoms with Crippen LogP contribution in [0, 0.1) is 11.8 Å². The molecule has 0 amide bonds. The van der Waals surface area contributed by atoms with Crippen LogP contribution in [-0.2, 0) is 15.7 Å². The van der Waals surface area contributed by atoms with Crippen LogP contribution in [-0.4, -0.2) is 23.5 Å². The molecule has 0 saturated carbocycles. The Morgan fingerprint density at radius 3 is 2.54 bits per heavy atom. The number of allylic oxidation sites excluding steroid dienone is 1. The summed E-state index contributed by atoms with van der Waals surface area (Å²) in [4.78, 5) is 13.9. The van der Waals surface area contributed by atoms with Crippen LogP contribution in [0.25, 0.3) is 10.1 Å². The first-order chi connectivity index (χ1) is 16.6. The smallest absolute Gasteiger partial charge is 0.416 e. The summed E-state index contributed by atoms with van der Waals surface area (Å²) in [7, 11) is 0. The van der Waals surface area contributed by atoms with Crippen molar-refractivity contribution in [3.8, 4) is 11.8 Å². The molecule has 0 radical (unpaired) electrons. The van der Waals surface area contributed by atoms with Gasteiger partial charge in [0.2, 0.25) is 0 Å². The Labute approximate surface area is 207 Å². The number of alkyl halides is 3. The lowest BCUT2D eigenvalue weighted by atomic mass is 9.89. The summed E-state index contributed by atoms with van der Waals surface area (Å²) in [5.41, 5.74) is 1.83. The van der Waals surface area contributed by atoms with Gasteiger partial charge in [-0.25, -0.2) is 0 Å². The molecular weight excluding hydrogens is 471 g/mol. The SMILES string of the molecule is C=C(C)C#C[C@H](c1csc2ccccc12)N1CC[C@@H](OC(C)=O)C[C@H]1c1ccc(C(F)(F)F)cc1. The molecule has 2 heterocycles. The molecule has 3 aromatic rings. The van der Waals surface area contributed by atoms with E-state index in [1.54, 1.807) is 11.3 Å². The quantitative estimate of drug-likeness (QED) is 0.280. The third-order valence-electron chi connectivity index (χ3n) is 6.11. The van der Waals surface area contributed by atoms with Gasteiger partial charge >= 0.3 is 12.1 Å². The van der Waals surface area contributed by atoms with Crippen LogP contribution < -0.4 is 0 Å². The Morgan fingerprint density at radius 2 is 1.89 bits per heavy atom. The van der Waals surface area contributed by atoms with E-state index in [0.717, 1.165) is 38.9 Å². The van der Waals surface area contributed by atoms with Crippen molar-refractivity contribution in [3.63, 3.8) is 0 Å². The fourth-order valence-electron chi connectivity index (χ4n) is 4.56. The molecule has 0 N–H and O–H groups in total. The Kier molecular flexibility index (Phi) is 7.34. The fourth-order valence-corrected chi connectivity index (χ4v) is 5.54. The van der Waals surface area contributed by atoms with Gasteiger partial charge in [-0.05, 0) is 59.0 Å². The zero-order chi connectivity index (χ0) is 25.2. The molecule has 0 unspecified atom stereocenters. The number of carbonyl (C=O) groups excluding carboxylic acids is 1. The lowest BCUT2D eigenvalue weighted by Crippen LogP contribution is -2.42. The van der Waals surface area contributed by atoms with Crippen molar-refractivity contribution < 1.29 is 22.7 Å². The van der Waals surface area contributed by atoms with Crippen molar-refractivity contribution in [1.82, 2.24) is 4.90 Å². The van der Waals surface area contributed by atoms with Crippen LogP contribution in [0.5, 0.6) is 0 Å². The lowest BCUT2D eigenvalue weighted by Gasteiger charge is -2.42. The van der Waals surface area contributed by atoms with Crippen molar-refractivity contribution in [1.29, 1.82) is 0 Å². The predicted octanol–water partition coefficient (Wildman–Crippen LogP) is 7.31.